The predicted molar refractivity (Wildman–Crippen MR) is 56.9 cm³/mol. The number of aliphatic carboxylic acids is 1. The summed E-state index contributed by atoms with van der Waals surface area (Å²) in [5, 5.41) is 18.0. The molecule has 0 saturated heterocycles. The number of hydrogen-bond donors (Lipinski definition) is 2. The summed E-state index contributed by atoms with van der Waals surface area (Å²) >= 11 is 1.48. The molecule has 0 aliphatic rings. The molecule has 0 saturated carbocycles. The fourth-order valence-corrected chi connectivity index (χ4v) is 1.96. The van der Waals surface area contributed by atoms with Gasteiger partial charge in [-0.15, -0.1) is 11.3 Å². The maximum atomic E-state index is 10.6. The fourth-order valence-electron chi connectivity index (χ4n) is 1.24. The van der Waals surface area contributed by atoms with E-state index in [1.165, 1.54) is 11.3 Å². The van der Waals surface area contributed by atoms with Crippen LogP contribution in [-0.4, -0.2) is 27.4 Å². The van der Waals surface area contributed by atoms with E-state index in [0.29, 0.717) is 11.4 Å². The number of thiophene rings is 1. The maximum absolute atomic E-state index is 10.6. The first-order chi connectivity index (χ1) is 7.68. The second-order valence-corrected chi connectivity index (χ2v) is 4.13. The first-order valence-electron chi connectivity index (χ1n) is 4.52. The molecule has 0 aromatic carbocycles. The SMILES string of the molecule is NC(Cc1nonc1-c1cccs1)C(=O)O. The summed E-state index contributed by atoms with van der Waals surface area (Å²) in [5.74, 6) is -1.07. The van der Waals surface area contributed by atoms with Crippen LogP contribution < -0.4 is 5.73 Å². The third kappa shape index (κ3) is 2.10. The Morgan fingerprint density at radius 1 is 1.62 bits per heavy atom. The first kappa shape index (κ1) is 10.8. The van der Waals surface area contributed by atoms with Crippen LogP contribution in [0.2, 0.25) is 0 Å². The van der Waals surface area contributed by atoms with Crippen LogP contribution in [0.5, 0.6) is 0 Å². The highest BCUT2D eigenvalue weighted by molar-refractivity contribution is 7.13. The topological polar surface area (TPSA) is 102 Å². The van der Waals surface area contributed by atoms with E-state index in [9.17, 15) is 4.79 Å². The number of aromatic nitrogens is 2. The van der Waals surface area contributed by atoms with E-state index >= 15 is 0 Å². The molecular weight excluding hydrogens is 230 g/mol. The van der Waals surface area contributed by atoms with Gasteiger partial charge in [0.1, 0.15) is 17.4 Å². The molecule has 7 heteroatoms. The number of nitrogens with two attached hydrogens (primary N) is 1. The highest BCUT2D eigenvalue weighted by Gasteiger charge is 2.19. The molecule has 0 aliphatic carbocycles. The lowest BCUT2D eigenvalue weighted by Crippen LogP contribution is -2.32. The maximum Gasteiger partial charge on any atom is 0.320 e. The summed E-state index contributed by atoms with van der Waals surface area (Å²) in [7, 11) is 0. The zero-order valence-electron chi connectivity index (χ0n) is 8.16. The molecule has 0 bridgehead atoms. The molecule has 2 heterocycles. The summed E-state index contributed by atoms with van der Waals surface area (Å²) in [6, 6.07) is 2.74. The van der Waals surface area contributed by atoms with Crippen molar-refractivity contribution < 1.29 is 14.5 Å². The molecule has 2 aromatic rings. The highest BCUT2D eigenvalue weighted by Crippen LogP contribution is 2.25. The molecule has 84 valence electrons. The van der Waals surface area contributed by atoms with Crippen LogP contribution in [0.4, 0.5) is 0 Å². The lowest BCUT2D eigenvalue weighted by molar-refractivity contribution is -0.138. The van der Waals surface area contributed by atoms with Crippen LogP contribution >= 0.6 is 11.3 Å². The minimum Gasteiger partial charge on any atom is -0.480 e. The minimum absolute atomic E-state index is 0.103. The summed E-state index contributed by atoms with van der Waals surface area (Å²) in [5.41, 5.74) is 6.46. The molecule has 1 unspecified atom stereocenters. The largest absolute Gasteiger partial charge is 0.480 e. The molecule has 0 aliphatic heterocycles. The van der Waals surface area contributed by atoms with Crippen LogP contribution in [0, 0.1) is 0 Å². The van der Waals surface area contributed by atoms with E-state index in [0.717, 1.165) is 4.88 Å². The van der Waals surface area contributed by atoms with Crippen molar-refractivity contribution >= 4 is 17.3 Å². The Bertz CT molecular complexity index is 480. The van der Waals surface area contributed by atoms with E-state index in [4.69, 9.17) is 10.8 Å². The summed E-state index contributed by atoms with van der Waals surface area (Å²) in [6.07, 6.45) is 0.103. The van der Waals surface area contributed by atoms with Gasteiger partial charge in [0, 0.05) is 6.42 Å². The second-order valence-electron chi connectivity index (χ2n) is 3.19. The Labute approximate surface area is 94.7 Å². The Morgan fingerprint density at radius 2 is 2.44 bits per heavy atom. The van der Waals surface area contributed by atoms with Gasteiger partial charge in [-0.2, -0.15) is 0 Å². The van der Waals surface area contributed by atoms with E-state index < -0.39 is 12.0 Å². The van der Waals surface area contributed by atoms with Crippen LogP contribution in [0.15, 0.2) is 22.1 Å². The van der Waals surface area contributed by atoms with E-state index in [1.54, 1.807) is 0 Å². The normalized spacial score (nSPS) is 12.6. The van der Waals surface area contributed by atoms with Crippen LogP contribution in [0.25, 0.3) is 10.6 Å². The molecule has 16 heavy (non-hydrogen) atoms. The summed E-state index contributed by atoms with van der Waals surface area (Å²) in [6.45, 7) is 0. The van der Waals surface area contributed by atoms with E-state index in [2.05, 4.69) is 14.9 Å². The monoisotopic (exact) mass is 239 g/mol. The van der Waals surface area contributed by atoms with E-state index in [-0.39, 0.29) is 6.42 Å². The highest BCUT2D eigenvalue weighted by atomic mass is 32.1. The van der Waals surface area contributed by atoms with Crippen LogP contribution in [0.1, 0.15) is 5.69 Å². The number of carboxylic acids is 1. The van der Waals surface area contributed by atoms with Gasteiger partial charge >= 0.3 is 5.97 Å². The van der Waals surface area contributed by atoms with Crippen molar-refractivity contribution in [2.24, 2.45) is 5.73 Å². The average Bonchev–Trinajstić information content (AvgIpc) is 2.85. The third-order valence-electron chi connectivity index (χ3n) is 2.04. The Balaban J connectivity index is 2.23. The van der Waals surface area contributed by atoms with Gasteiger partial charge in [-0.3, -0.25) is 4.79 Å². The van der Waals surface area contributed by atoms with Crippen molar-refractivity contribution in [3.8, 4) is 10.6 Å². The van der Waals surface area contributed by atoms with Gasteiger partial charge < -0.3 is 10.8 Å². The molecule has 2 aromatic heterocycles. The summed E-state index contributed by atoms with van der Waals surface area (Å²) in [4.78, 5) is 11.5. The molecule has 2 rings (SSSR count). The van der Waals surface area contributed by atoms with Gasteiger partial charge in [-0.05, 0) is 16.6 Å². The molecule has 1 atom stereocenters. The summed E-state index contributed by atoms with van der Waals surface area (Å²) < 4.78 is 4.61. The van der Waals surface area contributed by atoms with Crippen molar-refractivity contribution in [2.45, 2.75) is 12.5 Å². The third-order valence-corrected chi connectivity index (χ3v) is 2.92. The smallest absolute Gasteiger partial charge is 0.320 e. The van der Waals surface area contributed by atoms with Crippen molar-refractivity contribution in [2.75, 3.05) is 0 Å². The van der Waals surface area contributed by atoms with Crippen molar-refractivity contribution in [3.63, 3.8) is 0 Å². The number of carboxylic acid groups (broad SMARTS) is 1. The lowest BCUT2D eigenvalue weighted by Gasteiger charge is -2.02. The quantitative estimate of drug-likeness (QED) is 0.816. The molecule has 0 spiro atoms. The molecule has 3 N–H and O–H groups in total. The van der Waals surface area contributed by atoms with Crippen LogP contribution in [-0.2, 0) is 11.2 Å². The lowest BCUT2D eigenvalue weighted by atomic mass is 10.1. The first-order valence-corrected chi connectivity index (χ1v) is 5.40. The zero-order valence-corrected chi connectivity index (χ0v) is 8.98. The zero-order chi connectivity index (χ0) is 11.5. The molecule has 0 radical (unpaired) electrons. The Kier molecular flexibility index (Phi) is 2.97. The number of rotatable bonds is 4. The molecule has 0 amide bonds. The number of hydrogen-bond acceptors (Lipinski definition) is 6. The van der Waals surface area contributed by atoms with Crippen molar-refractivity contribution in [1.82, 2.24) is 10.3 Å². The van der Waals surface area contributed by atoms with E-state index in [1.807, 2.05) is 17.5 Å². The van der Waals surface area contributed by atoms with Gasteiger partial charge in [-0.25, -0.2) is 4.63 Å². The Morgan fingerprint density at radius 3 is 3.06 bits per heavy atom. The predicted octanol–water partition coefficient (Wildman–Crippen LogP) is 0.752. The standard InChI is InChI=1S/C9H9N3O3S/c10-5(9(13)14)4-6-8(12-15-11-6)7-2-1-3-16-7/h1-3,5H,4,10H2,(H,13,14). The second kappa shape index (κ2) is 4.42. The number of nitrogens with zero attached hydrogens (tertiary/aromatic N) is 2. The van der Waals surface area contributed by atoms with Crippen molar-refractivity contribution in [3.05, 3.63) is 23.2 Å². The van der Waals surface area contributed by atoms with Crippen molar-refractivity contribution in [1.29, 1.82) is 0 Å². The van der Waals surface area contributed by atoms with Gasteiger partial charge in [0.15, 0.2) is 0 Å². The van der Waals surface area contributed by atoms with Gasteiger partial charge in [0.25, 0.3) is 0 Å². The van der Waals surface area contributed by atoms with Gasteiger partial charge in [0.05, 0.1) is 4.88 Å². The van der Waals surface area contributed by atoms with Gasteiger partial charge in [-0.1, -0.05) is 11.2 Å². The fraction of sp³-hybridized carbons (Fsp3) is 0.222. The average molecular weight is 239 g/mol. The number of carbonyl (C=O) groups is 1. The van der Waals surface area contributed by atoms with Gasteiger partial charge in [0.2, 0.25) is 0 Å². The Hall–Kier alpha value is -1.73. The minimum atomic E-state index is -1.07. The molecular formula is C9H9N3O3S. The molecule has 6 nitrogen and oxygen atoms in total. The van der Waals surface area contributed by atoms with Crippen LogP contribution in [0.3, 0.4) is 0 Å². The molecule has 0 fully saturated rings.